The van der Waals surface area contributed by atoms with Crippen LogP contribution < -0.4 is 0 Å². The standard InChI is InChI=1S/C30H54O5/c1-3-5-7-8-10-16-25-26(28(23-27(25)31)35-30-18-12-14-22-33-30)20-19-24(15-9-6-4-2)34-29-17-11-13-21-32-29/h19-20,24-31H,3-18,21-23H2,1-2H3/t24-,25+,26+,27-,28+,29?,30?/m0/s1. The van der Waals surface area contributed by atoms with Crippen molar-refractivity contribution < 1.29 is 24.1 Å². The van der Waals surface area contributed by atoms with E-state index in [1.807, 2.05) is 0 Å². The van der Waals surface area contributed by atoms with Gasteiger partial charge in [0.1, 0.15) is 0 Å². The molecule has 5 heteroatoms. The highest BCUT2D eigenvalue weighted by atomic mass is 16.7. The molecule has 1 N–H and O–H groups in total. The van der Waals surface area contributed by atoms with Crippen molar-refractivity contribution in [3.05, 3.63) is 12.2 Å². The molecule has 2 aliphatic heterocycles. The third-order valence-electron chi connectivity index (χ3n) is 8.10. The molecule has 2 saturated heterocycles. The number of hydrogen-bond acceptors (Lipinski definition) is 5. The Morgan fingerprint density at radius 1 is 0.857 bits per heavy atom. The fraction of sp³-hybridized carbons (Fsp3) is 0.933. The van der Waals surface area contributed by atoms with Crippen LogP contribution in [0.2, 0.25) is 0 Å². The van der Waals surface area contributed by atoms with Gasteiger partial charge in [-0.1, -0.05) is 77.4 Å². The van der Waals surface area contributed by atoms with Gasteiger partial charge in [-0.2, -0.15) is 0 Å². The van der Waals surface area contributed by atoms with Gasteiger partial charge in [0.15, 0.2) is 12.6 Å². The van der Waals surface area contributed by atoms with Gasteiger partial charge in [-0.25, -0.2) is 0 Å². The molecule has 3 fully saturated rings. The number of unbranched alkanes of at least 4 members (excludes halogenated alkanes) is 6. The second-order valence-electron chi connectivity index (χ2n) is 11.1. The fourth-order valence-electron chi connectivity index (χ4n) is 5.97. The van der Waals surface area contributed by atoms with Gasteiger partial charge in [-0.15, -0.1) is 0 Å². The first-order chi connectivity index (χ1) is 17.2. The van der Waals surface area contributed by atoms with E-state index < -0.39 is 0 Å². The average Bonchev–Trinajstić information content (AvgIpc) is 3.17. The van der Waals surface area contributed by atoms with E-state index >= 15 is 0 Å². The van der Waals surface area contributed by atoms with Crippen molar-refractivity contribution in [1.82, 2.24) is 0 Å². The van der Waals surface area contributed by atoms with Crippen LogP contribution >= 0.6 is 0 Å². The molecule has 2 heterocycles. The minimum absolute atomic E-state index is 0.0206. The quantitative estimate of drug-likeness (QED) is 0.180. The normalized spacial score (nSPS) is 32.9. The smallest absolute Gasteiger partial charge is 0.158 e. The van der Waals surface area contributed by atoms with Crippen molar-refractivity contribution in [2.75, 3.05) is 13.2 Å². The van der Waals surface area contributed by atoms with Gasteiger partial charge in [-0.05, 0) is 57.3 Å². The molecule has 0 bridgehead atoms. The van der Waals surface area contributed by atoms with Crippen LogP contribution in [0.1, 0.15) is 123 Å². The van der Waals surface area contributed by atoms with Crippen molar-refractivity contribution >= 4 is 0 Å². The van der Waals surface area contributed by atoms with E-state index in [2.05, 4.69) is 26.0 Å². The molecule has 1 saturated carbocycles. The summed E-state index contributed by atoms with van der Waals surface area (Å²) in [5.74, 6) is 0.468. The first-order valence-corrected chi connectivity index (χ1v) is 15.1. The molecular weight excluding hydrogens is 440 g/mol. The SMILES string of the molecule is CCCCCCC[C@@H]1[C@@H](C=C[C@H](CCCCC)OC2CCCCO2)[C@H](OC2CCCCO2)C[C@@H]1O. The first-order valence-electron chi connectivity index (χ1n) is 15.1. The Bertz CT molecular complexity index is 555. The van der Waals surface area contributed by atoms with Crippen LogP contribution in [0.3, 0.4) is 0 Å². The van der Waals surface area contributed by atoms with Gasteiger partial charge < -0.3 is 24.1 Å². The summed E-state index contributed by atoms with van der Waals surface area (Å²) in [5, 5.41) is 11.1. The van der Waals surface area contributed by atoms with E-state index in [1.54, 1.807) is 0 Å². The Balaban J connectivity index is 1.65. The highest BCUT2D eigenvalue weighted by Gasteiger charge is 2.42. The molecule has 0 amide bonds. The summed E-state index contributed by atoms with van der Waals surface area (Å²) in [7, 11) is 0. The van der Waals surface area contributed by atoms with E-state index in [4.69, 9.17) is 18.9 Å². The van der Waals surface area contributed by atoms with Crippen LogP contribution in [-0.4, -0.2) is 49.2 Å². The Kier molecular flexibility index (Phi) is 14.2. The molecule has 3 rings (SSSR count). The molecule has 0 radical (unpaired) electrons. The molecule has 0 aromatic rings. The van der Waals surface area contributed by atoms with Crippen LogP contribution in [0.15, 0.2) is 12.2 Å². The van der Waals surface area contributed by atoms with Crippen LogP contribution in [-0.2, 0) is 18.9 Å². The van der Waals surface area contributed by atoms with Crippen molar-refractivity contribution in [3.63, 3.8) is 0 Å². The molecule has 35 heavy (non-hydrogen) atoms. The molecule has 204 valence electrons. The van der Waals surface area contributed by atoms with Crippen molar-refractivity contribution in [2.24, 2.45) is 11.8 Å². The van der Waals surface area contributed by atoms with Crippen molar-refractivity contribution in [3.8, 4) is 0 Å². The third-order valence-corrected chi connectivity index (χ3v) is 8.10. The minimum atomic E-state index is -0.300. The highest BCUT2D eigenvalue weighted by Crippen LogP contribution is 2.40. The Morgan fingerprint density at radius 3 is 2.23 bits per heavy atom. The molecule has 0 aromatic heterocycles. The lowest BCUT2D eigenvalue weighted by Gasteiger charge is -2.30. The summed E-state index contributed by atoms with van der Waals surface area (Å²) in [6, 6.07) is 0. The molecule has 0 aromatic carbocycles. The van der Waals surface area contributed by atoms with Gasteiger partial charge in [0.2, 0.25) is 0 Å². The Labute approximate surface area is 215 Å². The van der Waals surface area contributed by atoms with Crippen LogP contribution in [0.4, 0.5) is 0 Å². The number of aliphatic hydroxyl groups is 1. The molecule has 5 nitrogen and oxygen atoms in total. The maximum Gasteiger partial charge on any atom is 0.158 e. The van der Waals surface area contributed by atoms with Gasteiger partial charge in [0.25, 0.3) is 0 Å². The van der Waals surface area contributed by atoms with Crippen molar-refractivity contribution in [2.45, 2.75) is 154 Å². The zero-order valence-electron chi connectivity index (χ0n) is 22.7. The summed E-state index contributed by atoms with van der Waals surface area (Å²) in [4.78, 5) is 0. The zero-order chi connectivity index (χ0) is 24.7. The highest BCUT2D eigenvalue weighted by molar-refractivity contribution is 5.05. The zero-order valence-corrected chi connectivity index (χ0v) is 22.7. The minimum Gasteiger partial charge on any atom is -0.393 e. The van der Waals surface area contributed by atoms with Gasteiger partial charge in [0, 0.05) is 25.6 Å². The number of ether oxygens (including phenoxy) is 4. The Hall–Kier alpha value is -0.460. The van der Waals surface area contributed by atoms with E-state index in [1.165, 1.54) is 57.8 Å². The van der Waals surface area contributed by atoms with Crippen molar-refractivity contribution in [1.29, 1.82) is 0 Å². The predicted molar refractivity (Wildman–Crippen MR) is 141 cm³/mol. The number of rotatable bonds is 16. The molecular formula is C30H54O5. The number of aliphatic hydroxyl groups excluding tert-OH is 1. The molecule has 7 atom stereocenters. The Morgan fingerprint density at radius 2 is 1.54 bits per heavy atom. The summed E-state index contributed by atoms with van der Waals surface area (Å²) in [6.45, 7) is 6.10. The largest absolute Gasteiger partial charge is 0.393 e. The summed E-state index contributed by atoms with van der Waals surface area (Å²) in [5.41, 5.74) is 0. The van der Waals surface area contributed by atoms with Gasteiger partial charge in [-0.3, -0.25) is 0 Å². The summed E-state index contributed by atoms with van der Waals surface area (Å²) >= 11 is 0. The molecule has 2 unspecified atom stereocenters. The van der Waals surface area contributed by atoms with E-state index in [0.717, 1.165) is 58.2 Å². The van der Waals surface area contributed by atoms with E-state index in [0.29, 0.717) is 6.42 Å². The lowest BCUT2D eigenvalue weighted by molar-refractivity contribution is -0.193. The van der Waals surface area contributed by atoms with Gasteiger partial charge in [0.05, 0.1) is 18.3 Å². The second-order valence-corrected chi connectivity index (χ2v) is 11.1. The average molecular weight is 495 g/mol. The predicted octanol–water partition coefficient (Wildman–Crippen LogP) is 7.30. The summed E-state index contributed by atoms with van der Waals surface area (Å²) in [6.07, 6.45) is 23.5. The monoisotopic (exact) mass is 494 g/mol. The second kappa shape index (κ2) is 17.1. The van der Waals surface area contributed by atoms with Crippen LogP contribution in [0.5, 0.6) is 0 Å². The maximum absolute atomic E-state index is 11.1. The third kappa shape index (κ3) is 10.4. The molecule has 1 aliphatic carbocycles. The molecule has 3 aliphatic rings. The lowest BCUT2D eigenvalue weighted by atomic mass is 9.87. The number of hydrogen-bond donors (Lipinski definition) is 1. The van der Waals surface area contributed by atoms with Crippen LogP contribution in [0.25, 0.3) is 0 Å². The topological polar surface area (TPSA) is 57.2 Å². The van der Waals surface area contributed by atoms with E-state index in [-0.39, 0.29) is 42.7 Å². The summed E-state index contributed by atoms with van der Waals surface area (Å²) < 4.78 is 24.7. The van der Waals surface area contributed by atoms with E-state index in [9.17, 15) is 5.11 Å². The fourth-order valence-corrected chi connectivity index (χ4v) is 5.97. The van der Waals surface area contributed by atoms with Crippen LogP contribution in [0, 0.1) is 11.8 Å². The first kappa shape index (κ1) is 29.1. The maximum atomic E-state index is 11.1. The van der Waals surface area contributed by atoms with Gasteiger partial charge >= 0.3 is 0 Å². The lowest BCUT2D eigenvalue weighted by Crippen LogP contribution is -2.31. The molecule has 0 spiro atoms.